The van der Waals surface area contributed by atoms with Crippen LogP contribution in [0.25, 0.3) is 0 Å². The molecule has 0 atom stereocenters. The minimum absolute atomic E-state index is 0.00777. The zero-order valence-electron chi connectivity index (χ0n) is 11.9. The Kier molecular flexibility index (Phi) is 3.07. The number of halogens is 1. The third-order valence-electron chi connectivity index (χ3n) is 4.70. The summed E-state index contributed by atoms with van der Waals surface area (Å²) in [5.74, 6) is -1.37. The molecular weight excluding hydrogens is 263 g/mol. The summed E-state index contributed by atoms with van der Waals surface area (Å²) in [5, 5.41) is 13.5. The highest BCUT2D eigenvalue weighted by atomic mass is 19.1. The molecule has 108 valence electrons. The van der Waals surface area contributed by atoms with E-state index in [1.54, 1.807) is 0 Å². The van der Waals surface area contributed by atoms with Gasteiger partial charge < -0.3 is 5.32 Å². The van der Waals surface area contributed by atoms with Gasteiger partial charge in [0.1, 0.15) is 0 Å². The maximum atomic E-state index is 13.2. The quantitative estimate of drug-likeness (QED) is 0.683. The van der Waals surface area contributed by atoms with Crippen molar-refractivity contribution in [2.24, 2.45) is 10.8 Å². The van der Waals surface area contributed by atoms with E-state index in [9.17, 15) is 19.3 Å². The molecule has 20 heavy (non-hydrogen) atoms. The van der Waals surface area contributed by atoms with E-state index in [-0.39, 0.29) is 22.4 Å². The molecular formula is C14H17FN2O3. The Balaban J connectivity index is 2.20. The van der Waals surface area contributed by atoms with Crippen LogP contribution >= 0.6 is 0 Å². The van der Waals surface area contributed by atoms with Gasteiger partial charge in [-0.3, -0.25) is 14.9 Å². The van der Waals surface area contributed by atoms with E-state index in [2.05, 4.69) is 5.32 Å². The number of carbonyl (C=O) groups is 1. The van der Waals surface area contributed by atoms with Crippen molar-refractivity contribution in [3.63, 3.8) is 0 Å². The number of nitrogens with one attached hydrogen (secondary N) is 1. The van der Waals surface area contributed by atoms with Crippen LogP contribution < -0.4 is 5.32 Å². The van der Waals surface area contributed by atoms with Crippen LogP contribution in [0.2, 0.25) is 0 Å². The van der Waals surface area contributed by atoms with Gasteiger partial charge in [0.15, 0.2) is 0 Å². The average Bonchev–Trinajstić information content (AvgIpc) is 2.71. The number of nitro benzene ring substituents is 1. The Morgan fingerprint density at radius 1 is 1.30 bits per heavy atom. The summed E-state index contributed by atoms with van der Waals surface area (Å²) < 4.78 is 13.2. The zero-order valence-corrected chi connectivity index (χ0v) is 11.9. The molecule has 0 spiro atoms. The van der Waals surface area contributed by atoms with E-state index in [4.69, 9.17) is 0 Å². The van der Waals surface area contributed by atoms with E-state index >= 15 is 0 Å². The number of nitro groups is 1. The first kappa shape index (κ1) is 14.4. The smallest absolute Gasteiger partial charge is 0.305 e. The third kappa shape index (κ3) is 2.05. The summed E-state index contributed by atoms with van der Waals surface area (Å²) in [6, 6.07) is 3.15. The number of nitrogens with zero attached hydrogens (tertiary/aromatic N) is 1. The maximum Gasteiger partial charge on any atom is 0.305 e. The molecule has 0 heterocycles. The van der Waals surface area contributed by atoms with Gasteiger partial charge in [-0.2, -0.15) is 4.39 Å². The van der Waals surface area contributed by atoms with Gasteiger partial charge in [0, 0.05) is 17.7 Å². The Morgan fingerprint density at radius 2 is 1.85 bits per heavy atom. The number of hydrogen-bond donors (Lipinski definition) is 1. The lowest BCUT2D eigenvalue weighted by Crippen LogP contribution is -2.29. The highest BCUT2D eigenvalue weighted by molar-refractivity contribution is 5.95. The molecule has 5 nitrogen and oxygen atoms in total. The van der Waals surface area contributed by atoms with Gasteiger partial charge in [0.25, 0.3) is 5.91 Å². The van der Waals surface area contributed by atoms with Crippen molar-refractivity contribution in [3.8, 4) is 0 Å². The molecule has 1 aliphatic rings. The van der Waals surface area contributed by atoms with Gasteiger partial charge in [0.05, 0.1) is 4.92 Å². The molecule has 0 aliphatic heterocycles. The summed E-state index contributed by atoms with van der Waals surface area (Å²) in [5.41, 5.74) is -0.660. The molecule has 0 bridgehead atoms. The molecule has 2 rings (SSSR count). The van der Waals surface area contributed by atoms with Crippen LogP contribution in [0.15, 0.2) is 18.2 Å². The van der Waals surface area contributed by atoms with Crippen LogP contribution in [0, 0.1) is 26.8 Å². The molecule has 0 aromatic heterocycles. The summed E-state index contributed by atoms with van der Waals surface area (Å²) in [6.45, 7) is 8.19. The minimum atomic E-state index is -0.946. The monoisotopic (exact) mass is 280 g/mol. The van der Waals surface area contributed by atoms with Gasteiger partial charge in [-0.15, -0.1) is 0 Å². The molecule has 1 aliphatic carbocycles. The van der Waals surface area contributed by atoms with Crippen molar-refractivity contribution in [1.29, 1.82) is 0 Å². The second kappa shape index (κ2) is 4.26. The molecule has 1 aromatic rings. The first-order chi connectivity index (χ1) is 9.09. The number of rotatable bonds is 3. The standard InChI is InChI=1S/C14H17FN2O3/c1-13(2)12(14(13,3)4)16-11(18)8-5-6-9(15)10(7-8)17(19)20/h5-7,12H,1-4H3,(H,16,18). The molecule has 1 fully saturated rings. The summed E-state index contributed by atoms with van der Waals surface area (Å²) in [7, 11) is 0. The van der Waals surface area contributed by atoms with Crippen molar-refractivity contribution in [2.75, 3.05) is 0 Å². The van der Waals surface area contributed by atoms with Crippen LogP contribution in [0.3, 0.4) is 0 Å². The first-order valence-corrected chi connectivity index (χ1v) is 6.34. The minimum Gasteiger partial charge on any atom is -0.348 e. The second-order valence-electron chi connectivity index (χ2n) is 6.27. The van der Waals surface area contributed by atoms with Gasteiger partial charge in [0.2, 0.25) is 5.82 Å². The second-order valence-corrected chi connectivity index (χ2v) is 6.27. The van der Waals surface area contributed by atoms with Crippen LogP contribution in [0.5, 0.6) is 0 Å². The Hall–Kier alpha value is -1.98. The van der Waals surface area contributed by atoms with Gasteiger partial charge in [-0.1, -0.05) is 27.7 Å². The topological polar surface area (TPSA) is 72.2 Å². The van der Waals surface area contributed by atoms with Crippen LogP contribution in [-0.2, 0) is 0 Å². The fraction of sp³-hybridized carbons (Fsp3) is 0.500. The Bertz CT molecular complexity index is 582. The number of benzene rings is 1. The lowest BCUT2D eigenvalue weighted by Gasteiger charge is -2.07. The predicted octanol–water partition coefficient (Wildman–Crippen LogP) is 2.90. The molecule has 1 aromatic carbocycles. The number of hydrogen-bond acceptors (Lipinski definition) is 3. The first-order valence-electron chi connectivity index (χ1n) is 6.34. The van der Waals surface area contributed by atoms with Gasteiger partial charge in [-0.05, 0) is 23.0 Å². The molecule has 0 radical (unpaired) electrons. The average molecular weight is 280 g/mol. The van der Waals surface area contributed by atoms with E-state index in [1.807, 2.05) is 27.7 Å². The van der Waals surface area contributed by atoms with Crippen molar-refractivity contribution in [2.45, 2.75) is 33.7 Å². The Morgan fingerprint density at radius 3 is 2.30 bits per heavy atom. The number of amides is 1. The predicted molar refractivity (Wildman–Crippen MR) is 71.9 cm³/mol. The van der Waals surface area contributed by atoms with Crippen molar-refractivity contribution in [3.05, 3.63) is 39.7 Å². The van der Waals surface area contributed by atoms with Gasteiger partial charge in [-0.25, -0.2) is 0 Å². The molecule has 0 unspecified atom stereocenters. The highest BCUT2D eigenvalue weighted by Crippen LogP contribution is 2.62. The van der Waals surface area contributed by atoms with Crippen molar-refractivity contribution >= 4 is 11.6 Å². The Labute approximate surface area is 116 Å². The lowest BCUT2D eigenvalue weighted by molar-refractivity contribution is -0.387. The fourth-order valence-electron chi connectivity index (χ4n) is 2.57. The summed E-state index contributed by atoms with van der Waals surface area (Å²) in [4.78, 5) is 21.9. The molecule has 1 N–H and O–H groups in total. The molecule has 0 saturated heterocycles. The van der Waals surface area contributed by atoms with E-state index in [0.717, 1.165) is 12.1 Å². The van der Waals surface area contributed by atoms with E-state index in [1.165, 1.54) is 6.07 Å². The largest absolute Gasteiger partial charge is 0.348 e. The molecule has 6 heteroatoms. The molecule has 1 saturated carbocycles. The van der Waals surface area contributed by atoms with Crippen LogP contribution in [-0.4, -0.2) is 16.9 Å². The zero-order chi connectivity index (χ0) is 15.3. The summed E-state index contributed by atoms with van der Waals surface area (Å²) >= 11 is 0. The highest BCUT2D eigenvalue weighted by Gasteiger charge is 2.65. The maximum absolute atomic E-state index is 13.2. The number of carbonyl (C=O) groups excluding carboxylic acids is 1. The van der Waals surface area contributed by atoms with Crippen molar-refractivity contribution < 1.29 is 14.1 Å². The van der Waals surface area contributed by atoms with Gasteiger partial charge >= 0.3 is 5.69 Å². The van der Waals surface area contributed by atoms with Crippen LogP contribution in [0.1, 0.15) is 38.1 Å². The van der Waals surface area contributed by atoms with Crippen LogP contribution in [0.4, 0.5) is 10.1 Å². The lowest BCUT2D eigenvalue weighted by atomic mass is 10.0. The SMILES string of the molecule is CC1(C)C(NC(=O)c2ccc(F)c([N+](=O)[O-])c2)C1(C)C. The molecule has 1 amide bonds. The van der Waals surface area contributed by atoms with E-state index in [0.29, 0.717) is 0 Å². The normalized spacial score (nSPS) is 19.4. The fourth-order valence-corrected chi connectivity index (χ4v) is 2.57. The van der Waals surface area contributed by atoms with E-state index < -0.39 is 22.3 Å². The third-order valence-corrected chi connectivity index (χ3v) is 4.70. The summed E-state index contributed by atoms with van der Waals surface area (Å²) in [6.07, 6.45) is 0. The van der Waals surface area contributed by atoms with Crippen molar-refractivity contribution in [1.82, 2.24) is 5.32 Å².